The highest BCUT2D eigenvalue weighted by Gasteiger charge is 2.26. The zero-order valence-corrected chi connectivity index (χ0v) is 15.6. The molecule has 0 bridgehead atoms. The number of esters is 1. The number of amides is 2. The number of nitrogens with zero attached hydrogens (tertiary/aromatic N) is 1. The van der Waals surface area contributed by atoms with Crippen molar-refractivity contribution in [3.05, 3.63) is 22.4 Å². The molecule has 138 valence electrons. The molecule has 2 amide bonds. The van der Waals surface area contributed by atoms with E-state index in [4.69, 9.17) is 4.74 Å². The molecule has 0 aromatic carbocycles. The van der Waals surface area contributed by atoms with E-state index in [-0.39, 0.29) is 18.2 Å². The third kappa shape index (κ3) is 6.16. The van der Waals surface area contributed by atoms with Gasteiger partial charge >= 0.3 is 5.97 Å². The molecule has 7 heteroatoms. The summed E-state index contributed by atoms with van der Waals surface area (Å²) in [5.41, 5.74) is 0. The Hall–Kier alpha value is -1.89. The number of ether oxygens (including phenoxy) is 1. The van der Waals surface area contributed by atoms with Gasteiger partial charge in [0.25, 0.3) is 5.91 Å². The van der Waals surface area contributed by atoms with Crippen LogP contribution in [0.2, 0.25) is 0 Å². The summed E-state index contributed by atoms with van der Waals surface area (Å²) >= 11 is 1.47. The number of carbonyl (C=O) groups is 3. The molecule has 2 atom stereocenters. The maximum Gasteiger partial charge on any atom is 0.309 e. The average Bonchev–Trinajstić information content (AvgIpc) is 2.95. The lowest BCUT2D eigenvalue weighted by Crippen LogP contribution is -2.40. The highest BCUT2D eigenvalue weighted by molar-refractivity contribution is 7.10. The first-order chi connectivity index (χ1) is 12.0. The fourth-order valence-electron chi connectivity index (χ4n) is 2.97. The van der Waals surface area contributed by atoms with Gasteiger partial charge in [-0.1, -0.05) is 18.9 Å². The molecule has 2 heterocycles. The Kier molecular flexibility index (Phi) is 7.43. The minimum atomic E-state index is -0.799. The highest BCUT2D eigenvalue weighted by atomic mass is 32.1. The molecular formula is C18H26N2O4S. The Morgan fingerprint density at radius 3 is 2.48 bits per heavy atom. The molecule has 1 fully saturated rings. The van der Waals surface area contributed by atoms with Crippen LogP contribution in [0, 0.1) is 0 Å². The second-order valence-electron chi connectivity index (χ2n) is 6.34. The van der Waals surface area contributed by atoms with E-state index in [1.54, 1.807) is 11.8 Å². The Balaban J connectivity index is 1.90. The van der Waals surface area contributed by atoms with Gasteiger partial charge in [0.05, 0.1) is 12.5 Å². The summed E-state index contributed by atoms with van der Waals surface area (Å²) in [6.45, 7) is 4.48. The molecule has 0 saturated carbocycles. The second-order valence-corrected chi connectivity index (χ2v) is 7.32. The summed E-state index contributed by atoms with van der Waals surface area (Å²) in [6.07, 6.45) is 3.48. The van der Waals surface area contributed by atoms with Crippen LogP contribution in [-0.4, -0.2) is 41.9 Å². The van der Waals surface area contributed by atoms with E-state index >= 15 is 0 Å². The molecule has 25 heavy (non-hydrogen) atoms. The monoisotopic (exact) mass is 366 g/mol. The van der Waals surface area contributed by atoms with Crippen molar-refractivity contribution in [2.75, 3.05) is 13.1 Å². The van der Waals surface area contributed by atoms with Crippen LogP contribution in [-0.2, 0) is 19.1 Å². The van der Waals surface area contributed by atoms with Crippen LogP contribution >= 0.6 is 11.3 Å². The summed E-state index contributed by atoms with van der Waals surface area (Å²) < 4.78 is 5.34. The number of hydrogen-bond donors (Lipinski definition) is 1. The molecule has 1 aliphatic rings. The van der Waals surface area contributed by atoms with Crippen LogP contribution in [0.1, 0.15) is 56.9 Å². The first kappa shape index (κ1) is 19.4. The number of carbonyl (C=O) groups excluding carboxylic acids is 3. The van der Waals surface area contributed by atoms with E-state index in [2.05, 4.69) is 5.32 Å². The smallest absolute Gasteiger partial charge is 0.309 e. The van der Waals surface area contributed by atoms with E-state index in [1.165, 1.54) is 18.3 Å². The summed E-state index contributed by atoms with van der Waals surface area (Å²) in [6, 6.07) is 3.31. The van der Waals surface area contributed by atoms with Gasteiger partial charge in [0, 0.05) is 24.9 Å². The SMILES string of the molecule is CC(=O)N[C@H](CC(=O)O[C@H](C)C(=O)N1CCCCCC1)c1cccs1. The van der Waals surface area contributed by atoms with Crippen molar-refractivity contribution in [2.24, 2.45) is 0 Å². The van der Waals surface area contributed by atoms with Crippen molar-refractivity contribution >= 4 is 29.1 Å². The third-order valence-electron chi connectivity index (χ3n) is 4.21. The normalized spacial score (nSPS) is 17.3. The lowest BCUT2D eigenvalue weighted by molar-refractivity contribution is -0.159. The van der Waals surface area contributed by atoms with Crippen molar-refractivity contribution in [1.29, 1.82) is 0 Å². The second kappa shape index (κ2) is 9.56. The molecule has 6 nitrogen and oxygen atoms in total. The predicted molar refractivity (Wildman–Crippen MR) is 96.1 cm³/mol. The van der Waals surface area contributed by atoms with Gasteiger partial charge in [0.1, 0.15) is 0 Å². The average molecular weight is 366 g/mol. The first-order valence-electron chi connectivity index (χ1n) is 8.76. The van der Waals surface area contributed by atoms with Crippen molar-refractivity contribution in [1.82, 2.24) is 10.2 Å². The van der Waals surface area contributed by atoms with E-state index in [0.29, 0.717) is 0 Å². The Bertz CT molecular complexity index is 580. The molecule has 1 aliphatic heterocycles. The van der Waals surface area contributed by atoms with E-state index < -0.39 is 18.1 Å². The van der Waals surface area contributed by atoms with E-state index in [1.807, 2.05) is 17.5 Å². The zero-order chi connectivity index (χ0) is 18.2. The van der Waals surface area contributed by atoms with E-state index in [0.717, 1.165) is 43.6 Å². The largest absolute Gasteiger partial charge is 0.452 e. The minimum Gasteiger partial charge on any atom is -0.452 e. The molecular weight excluding hydrogens is 340 g/mol. The van der Waals surface area contributed by atoms with Crippen molar-refractivity contribution < 1.29 is 19.1 Å². The topological polar surface area (TPSA) is 75.7 Å². The molecule has 1 aromatic rings. The van der Waals surface area contributed by atoms with Crippen LogP contribution in [0.5, 0.6) is 0 Å². The fraction of sp³-hybridized carbons (Fsp3) is 0.611. The number of hydrogen-bond acceptors (Lipinski definition) is 5. The lowest BCUT2D eigenvalue weighted by Gasteiger charge is -2.24. The van der Waals surface area contributed by atoms with Crippen LogP contribution in [0.15, 0.2) is 17.5 Å². The highest BCUT2D eigenvalue weighted by Crippen LogP contribution is 2.23. The third-order valence-corrected chi connectivity index (χ3v) is 5.19. The number of rotatable bonds is 6. The minimum absolute atomic E-state index is 0.0116. The quantitative estimate of drug-likeness (QED) is 0.786. The lowest BCUT2D eigenvalue weighted by atomic mass is 10.1. The summed E-state index contributed by atoms with van der Waals surface area (Å²) in [4.78, 5) is 38.8. The Morgan fingerprint density at radius 1 is 1.24 bits per heavy atom. The standard InChI is InChI=1S/C18H26N2O4S/c1-13(18(23)20-9-5-3-4-6-10-20)24-17(22)12-15(19-14(2)21)16-8-7-11-25-16/h7-8,11,13,15H,3-6,9-10,12H2,1-2H3,(H,19,21)/t13-,15-/m1/s1. The number of nitrogens with one attached hydrogen (secondary N) is 1. The van der Waals surface area contributed by atoms with Crippen molar-refractivity contribution in [3.8, 4) is 0 Å². The maximum absolute atomic E-state index is 12.5. The molecule has 2 rings (SSSR count). The molecule has 0 spiro atoms. The summed E-state index contributed by atoms with van der Waals surface area (Å²) in [5, 5.41) is 4.65. The van der Waals surface area contributed by atoms with Gasteiger partial charge in [-0.2, -0.15) is 0 Å². The molecule has 1 aromatic heterocycles. The zero-order valence-electron chi connectivity index (χ0n) is 14.8. The molecule has 0 unspecified atom stereocenters. The van der Waals surface area contributed by atoms with Gasteiger partial charge in [-0.15, -0.1) is 11.3 Å². The van der Waals surface area contributed by atoms with Gasteiger partial charge in [0.2, 0.25) is 5.91 Å². The van der Waals surface area contributed by atoms with Gasteiger partial charge in [-0.3, -0.25) is 14.4 Å². The van der Waals surface area contributed by atoms with Crippen molar-refractivity contribution in [3.63, 3.8) is 0 Å². The van der Waals surface area contributed by atoms with Gasteiger partial charge in [-0.25, -0.2) is 0 Å². The summed E-state index contributed by atoms with van der Waals surface area (Å²) in [7, 11) is 0. The van der Waals surface area contributed by atoms with Crippen LogP contribution in [0.25, 0.3) is 0 Å². The predicted octanol–water partition coefficient (Wildman–Crippen LogP) is 2.65. The van der Waals surface area contributed by atoms with Gasteiger partial charge in [-0.05, 0) is 31.2 Å². The first-order valence-corrected chi connectivity index (χ1v) is 9.64. The Labute approximate surface area is 152 Å². The molecule has 0 radical (unpaired) electrons. The Morgan fingerprint density at radius 2 is 1.92 bits per heavy atom. The summed E-state index contributed by atoms with van der Waals surface area (Å²) in [5.74, 6) is -0.829. The number of likely N-dealkylation sites (tertiary alicyclic amines) is 1. The van der Waals surface area contributed by atoms with Crippen molar-refractivity contribution in [2.45, 2.75) is 58.1 Å². The van der Waals surface area contributed by atoms with Crippen LogP contribution < -0.4 is 5.32 Å². The van der Waals surface area contributed by atoms with E-state index in [9.17, 15) is 14.4 Å². The van der Waals surface area contributed by atoms with Crippen LogP contribution in [0.3, 0.4) is 0 Å². The number of thiophene rings is 1. The van der Waals surface area contributed by atoms with Crippen LogP contribution in [0.4, 0.5) is 0 Å². The van der Waals surface area contributed by atoms with Gasteiger partial charge in [0.15, 0.2) is 6.10 Å². The molecule has 1 saturated heterocycles. The fourth-order valence-corrected chi connectivity index (χ4v) is 3.75. The molecule has 0 aliphatic carbocycles. The van der Waals surface area contributed by atoms with Gasteiger partial charge < -0.3 is 15.0 Å². The molecule has 1 N–H and O–H groups in total. The maximum atomic E-state index is 12.5.